The number of hydrogen-bond donors (Lipinski definition) is 1. The second-order valence-electron chi connectivity index (χ2n) is 7.43. The van der Waals surface area contributed by atoms with Gasteiger partial charge in [-0.3, -0.25) is 10.3 Å². The smallest absolute Gasteiger partial charge is 0.356 e. The van der Waals surface area contributed by atoms with Crippen LogP contribution in [0.25, 0.3) is 0 Å². The highest BCUT2D eigenvalue weighted by Crippen LogP contribution is 2.29. The lowest BCUT2D eigenvalue weighted by Crippen LogP contribution is -2.51. The van der Waals surface area contributed by atoms with E-state index in [4.69, 9.17) is 22.4 Å². The Morgan fingerprint density at radius 2 is 1.90 bits per heavy atom. The van der Waals surface area contributed by atoms with E-state index in [1.54, 1.807) is 30.6 Å². The molecule has 1 aromatic heterocycles. The summed E-state index contributed by atoms with van der Waals surface area (Å²) >= 11 is 5.38. The predicted octanol–water partition coefficient (Wildman–Crippen LogP) is 2.76. The van der Waals surface area contributed by atoms with Crippen LogP contribution < -0.4 is 10.4 Å². The zero-order valence-corrected chi connectivity index (χ0v) is 18.2. The Morgan fingerprint density at radius 3 is 2.48 bits per heavy atom. The lowest BCUT2D eigenvalue weighted by atomic mass is 10.1. The maximum Gasteiger partial charge on any atom is 0.416 e. The fourth-order valence-corrected chi connectivity index (χ4v) is 3.80. The molecule has 31 heavy (non-hydrogen) atoms. The number of morpholine rings is 1. The molecule has 1 N–H and O–H groups in total. The monoisotopic (exact) mass is 452 g/mol. The Bertz CT molecular complexity index is 1120. The first kappa shape index (κ1) is 23.0. The van der Waals surface area contributed by atoms with Crippen molar-refractivity contribution >= 4 is 18.0 Å². The van der Waals surface area contributed by atoms with Crippen LogP contribution in [0, 0.1) is 21.5 Å². The first-order valence-electron chi connectivity index (χ1n) is 9.52. The van der Waals surface area contributed by atoms with Crippen LogP contribution in [-0.4, -0.2) is 47.0 Å². The molecule has 0 amide bonds. The quantitative estimate of drug-likeness (QED) is 0.723. The molecule has 1 saturated heterocycles. The number of nitrogens with one attached hydrogen (secondary N) is 1. The van der Waals surface area contributed by atoms with Crippen molar-refractivity contribution in [2.45, 2.75) is 18.9 Å². The summed E-state index contributed by atoms with van der Waals surface area (Å²) in [6, 6.07) is 7.22. The van der Waals surface area contributed by atoms with Gasteiger partial charge in [-0.25, -0.2) is 0 Å². The fraction of sp³-hybridized carbons (Fsp3) is 0.450. The normalized spacial score (nSPS) is 17.4. The minimum absolute atomic E-state index is 0.0184. The van der Waals surface area contributed by atoms with Gasteiger partial charge in [-0.15, -0.1) is 0 Å². The highest BCUT2D eigenvalue weighted by atomic mass is 32.1. The number of aromatic nitrogens is 2. The van der Waals surface area contributed by atoms with E-state index in [1.807, 2.05) is 0 Å². The molecule has 7 nitrogen and oxygen atoms in total. The maximum absolute atomic E-state index is 12.8. The minimum atomic E-state index is -4.36. The number of benzene rings is 1. The third-order valence-corrected chi connectivity index (χ3v) is 5.93. The highest BCUT2D eigenvalue weighted by Gasteiger charge is 2.31. The van der Waals surface area contributed by atoms with E-state index < -0.39 is 18.0 Å². The number of nitriles is 1. The van der Waals surface area contributed by atoms with E-state index in [9.17, 15) is 18.4 Å². The van der Waals surface area contributed by atoms with Crippen molar-refractivity contribution in [3.8, 4) is 6.07 Å². The Kier molecular flexibility index (Phi) is 6.54. The molecule has 0 aliphatic carbocycles. The minimum Gasteiger partial charge on any atom is -0.356 e. The molecule has 2 heterocycles. The molecule has 0 bridgehead atoms. The van der Waals surface area contributed by atoms with Gasteiger partial charge in [-0.05, 0) is 29.9 Å². The number of ether oxygens (including phenoxy) is 1. The Hall–Kier alpha value is -2.68. The Morgan fingerprint density at radius 1 is 1.26 bits per heavy atom. The van der Waals surface area contributed by atoms with Gasteiger partial charge in [0, 0.05) is 40.8 Å². The van der Waals surface area contributed by atoms with Crippen LogP contribution in [0.3, 0.4) is 0 Å². The third kappa shape index (κ3) is 4.66. The summed E-state index contributed by atoms with van der Waals surface area (Å²) in [5.41, 5.74) is 0.303. The number of likely N-dealkylation sites (N-methyl/N-ethyl adjacent to an activating group) is 1. The van der Waals surface area contributed by atoms with Crippen LogP contribution in [-0.2, 0) is 31.6 Å². The van der Waals surface area contributed by atoms with Crippen LogP contribution in [0.1, 0.15) is 16.7 Å². The molecule has 11 heteroatoms. The molecule has 1 atom stereocenters. The van der Waals surface area contributed by atoms with Gasteiger partial charge in [0.2, 0.25) is 0 Å². The van der Waals surface area contributed by atoms with Gasteiger partial charge in [0.15, 0.2) is 4.77 Å². The second kappa shape index (κ2) is 8.82. The SMILES string of the molecule is CN(c1c(C#N)c(=N)n(C)c(=S)n1C)C1CN(Cc2ccc(C(F)(F)F)cc2)CCO1. The number of rotatable bonds is 4. The molecule has 0 spiro atoms. The Labute approximate surface area is 183 Å². The molecule has 1 unspecified atom stereocenters. The summed E-state index contributed by atoms with van der Waals surface area (Å²) in [5.74, 6) is 0.483. The number of hydrogen-bond acceptors (Lipinski definition) is 6. The molecular weight excluding hydrogens is 429 g/mol. The summed E-state index contributed by atoms with van der Waals surface area (Å²) in [7, 11) is 5.14. The second-order valence-corrected chi connectivity index (χ2v) is 7.79. The van der Waals surface area contributed by atoms with E-state index in [0.717, 1.165) is 17.7 Å². The van der Waals surface area contributed by atoms with Crippen molar-refractivity contribution in [2.24, 2.45) is 14.1 Å². The molecule has 1 aliphatic heterocycles. The van der Waals surface area contributed by atoms with Gasteiger partial charge >= 0.3 is 6.18 Å². The van der Waals surface area contributed by atoms with Crippen molar-refractivity contribution in [1.82, 2.24) is 14.0 Å². The zero-order chi connectivity index (χ0) is 22.9. The van der Waals surface area contributed by atoms with Crippen LogP contribution in [0.15, 0.2) is 24.3 Å². The molecule has 0 saturated carbocycles. The molecule has 1 aromatic carbocycles. The van der Waals surface area contributed by atoms with Crippen LogP contribution >= 0.6 is 12.2 Å². The van der Waals surface area contributed by atoms with Crippen molar-refractivity contribution in [3.05, 3.63) is 51.2 Å². The predicted molar refractivity (Wildman–Crippen MR) is 111 cm³/mol. The van der Waals surface area contributed by atoms with Crippen LogP contribution in [0.5, 0.6) is 0 Å². The fourth-order valence-electron chi connectivity index (χ4n) is 3.62. The van der Waals surface area contributed by atoms with Crippen LogP contribution in [0.4, 0.5) is 19.0 Å². The average molecular weight is 453 g/mol. The number of alkyl halides is 3. The first-order chi connectivity index (χ1) is 14.5. The van der Waals surface area contributed by atoms with Gasteiger partial charge in [-0.1, -0.05) is 12.1 Å². The Balaban J connectivity index is 1.81. The van der Waals surface area contributed by atoms with Gasteiger partial charge in [0.25, 0.3) is 0 Å². The first-order valence-corrected chi connectivity index (χ1v) is 9.93. The summed E-state index contributed by atoms with van der Waals surface area (Å²) in [4.78, 5) is 3.86. The third-order valence-electron chi connectivity index (χ3n) is 5.38. The molecule has 1 fully saturated rings. The highest BCUT2D eigenvalue weighted by molar-refractivity contribution is 7.71. The van der Waals surface area contributed by atoms with Crippen molar-refractivity contribution in [3.63, 3.8) is 0 Å². The number of anilines is 1. The zero-order valence-electron chi connectivity index (χ0n) is 17.4. The van der Waals surface area contributed by atoms with Crippen LogP contribution in [0.2, 0.25) is 0 Å². The molecule has 1 aliphatic rings. The number of nitrogens with zero attached hydrogens (tertiary/aromatic N) is 5. The molecule has 2 aromatic rings. The summed E-state index contributed by atoms with van der Waals surface area (Å²) in [6.45, 7) is 2.00. The molecule has 166 valence electrons. The molecule has 3 rings (SSSR count). The van der Waals surface area contributed by atoms with E-state index in [0.29, 0.717) is 36.8 Å². The molecule has 0 radical (unpaired) electrons. The van der Waals surface area contributed by atoms with E-state index >= 15 is 0 Å². The average Bonchev–Trinajstić information content (AvgIpc) is 2.74. The lowest BCUT2D eigenvalue weighted by Gasteiger charge is -2.39. The molecular formula is C20H23F3N6OS. The van der Waals surface area contributed by atoms with Crippen molar-refractivity contribution in [1.29, 1.82) is 10.7 Å². The summed E-state index contributed by atoms with van der Waals surface area (Å²) < 4.78 is 47.8. The summed E-state index contributed by atoms with van der Waals surface area (Å²) in [5, 5.41) is 17.9. The van der Waals surface area contributed by atoms with Crippen molar-refractivity contribution < 1.29 is 17.9 Å². The van der Waals surface area contributed by atoms with Crippen molar-refractivity contribution in [2.75, 3.05) is 31.6 Å². The largest absolute Gasteiger partial charge is 0.416 e. The standard InChI is InChI=1S/C20H23F3N6OS/c1-26(18-15(10-24)17(25)27(2)19(31)28(18)3)16-12-29(8-9-30-16)11-13-4-6-14(7-5-13)20(21,22)23/h4-7,16,25H,8-9,11-12H2,1-3H3. The van der Waals surface area contributed by atoms with E-state index in [2.05, 4.69) is 11.0 Å². The number of halogens is 3. The summed E-state index contributed by atoms with van der Waals surface area (Å²) in [6.07, 6.45) is -4.77. The maximum atomic E-state index is 12.8. The topological polar surface area (TPSA) is 73.2 Å². The van der Waals surface area contributed by atoms with E-state index in [1.165, 1.54) is 16.7 Å². The van der Waals surface area contributed by atoms with E-state index in [-0.39, 0.29) is 11.1 Å². The lowest BCUT2D eigenvalue weighted by molar-refractivity contribution is -0.137. The van der Waals surface area contributed by atoms with Gasteiger partial charge in [-0.2, -0.15) is 18.4 Å². The van der Waals surface area contributed by atoms with Gasteiger partial charge < -0.3 is 18.8 Å². The van der Waals surface area contributed by atoms with Gasteiger partial charge in [0.1, 0.15) is 29.2 Å². The van der Waals surface area contributed by atoms with Gasteiger partial charge in [0.05, 0.1) is 12.2 Å².